The summed E-state index contributed by atoms with van der Waals surface area (Å²) in [6.07, 6.45) is 2.31. The fraction of sp³-hybridized carbons (Fsp3) is 0.0769. The lowest BCUT2D eigenvalue weighted by atomic mass is 10.2. The molecule has 1 aromatic carbocycles. The van der Waals surface area contributed by atoms with Gasteiger partial charge in [0.05, 0.1) is 6.26 Å². The largest absolute Gasteiger partial charge is 0.504 e. The Kier molecular flexibility index (Phi) is 5.36. The van der Waals surface area contributed by atoms with Crippen LogP contribution in [0.5, 0.6) is 17.2 Å². The zero-order chi connectivity index (χ0) is 17.8. The highest BCUT2D eigenvalue weighted by Crippen LogP contribution is 2.41. The monoisotopic (exact) mass is 343 g/mol. The van der Waals surface area contributed by atoms with E-state index in [1.54, 1.807) is 0 Å². The van der Waals surface area contributed by atoms with E-state index in [9.17, 15) is 28.2 Å². The maximum Gasteiger partial charge on any atom is 0.328 e. The molecule has 0 aliphatic carbocycles. The van der Waals surface area contributed by atoms with Crippen LogP contribution in [-0.2, 0) is 19.7 Å². The summed E-state index contributed by atoms with van der Waals surface area (Å²) < 4.78 is 26.9. The fourth-order valence-electron chi connectivity index (χ4n) is 1.36. The number of phenolic OH excluding ortho intramolecular Hbond substituents is 2. The zero-order valence-corrected chi connectivity index (χ0v) is 12.6. The molecule has 0 saturated heterocycles. The Morgan fingerprint density at radius 3 is 2.39 bits per heavy atom. The van der Waals surface area contributed by atoms with Crippen LogP contribution in [0.15, 0.2) is 36.4 Å². The highest BCUT2D eigenvalue weighted by atomic mass is 32.2. The fourth-order valence-corrected chi connectivity index (χ4v) is 1.82. The summed E-state index contributed by atoms with van der Waals surface area (Å²) >= 11 is 0. The van der Waals surface area contributed by atoms with Crippen molar-refractivity contribution in [2.24, 2.45) is 0 Å². The van der Waals surface area contributed by atoms with Gasteiger partial charge in [-0.25, -0.2) is 4.79 Å². The van der Waals surface area contributed by atoms with E-state index in [4.69, 9.17) is 5.11 Å². The van der Waals surface area contributed by atoms with Crippen molar-refractivity contribution in [3.63, 3.8) is 0 Å². The summed E-state index contributed by atoms with van der Waals surface area (Å²) in [5.74, 6) is -4.14. The Balaban J connectivity index is 3.16. The highest BCUT2D eigenvalue weighted by molar-refractivity contribution is 7.86. The Morgan fingerprint density at radius 1 is 1.26 bits per heavy atom. The molecule has 0 aliphatic heterocycles. The summed E-state index contributed by atoms with van der Waals surface area (Å²) in [5.41, 5.74) is -0.800. The van der Waals surface area contributed by atoms with Gasteiger partial charge < -0.3 is 24.8 Å². The maximum absolute atomic E-state index is 11.9. The molecule has 0 unspecified atom stereocenters. The maximum atomic E-state index is 11.9. The van der Waals surface area contributed by atoms with Crippen LogP contribution in [0.4, 0.5) is 5.69 Å². The second-order valence-electron chi connectivity index (χ2n) is 4.24. The van der Waals surface area contributed by atoms with Crippen LogP contribution >= 0.6 is 0 Å². The highest BCUT2D eigenvalue weighted by Gasteiger charge is 2.19. The lowest BCUT2D eigenvalue weighted by Crippen LogP contribution is -2.15. The minimum Gasteiger partial charge on any atom is -0.504 e. The summed E-state index contributed by atoms with van der Waals surface area (Å²) in [5, 5.41) is 29.7. The second-order valence-corrected chi connectivity index (χ2v) is 5.82. The molecule has 0 aliphatic rings. The van der Waals surface area contributed by atoms with Gasteiger partial charge in [0.2, 0.25) is 0 Å². The number of amides is 1. The van der Waals surface area contributed by atoms with Gasteiger partial charge in [0.25, 0.3) is 5.91 Å². The standard InChI is InChI=1S/C13H13NO8S/c1-7(3-6-10(16)17)13(19)14-11-9(22-23(2,20)21)5-4-8(15)12(11)18/h3-6,15,18H,1H2,2H3,(H,14,19)(H,16,17). The summed E-state index contributed by atoms with van der Waals surface area (Å²) in [6.45, 7) is 3.31. The van der Waals surface area contributed by atoms with Crippen LogP contribution in [0.3, 0.4) is 0 Å². The molecular formula is C13H13NO8S. The molecule has 0 fully saturated rings. The van der Waals surface area contributed by atoms with E-state index in [1.807, 2.05) is 0 Å². The van der Waals surface area contributed by atoms with Crippen molar-refractivity contribution in [1.82, 2.24) is 0 Å². The molecule has 0 aromatic heterocycles. The van der Waals surface area contributed by atoms with Gasteiger partial charge >= 0.3 is 16.1 Å². The summed E-state index contributed by atoms with van der Waals surface area (Å²) in [6, 6.07) is 1.98. The topological polar surface area (TPSA) is 150 Å². The van der Waals surface area contributed by atoms with Crippen LogP contribution in [0.2, 0.25) is 0 Å². The van der Waals surface area contributed by atoms with Crippen molar-refractivity contribution in [2.75, 3.05) is 11.6 Å². The number of nitrogens with one attached hydrogen (secondary N) is 1. The molecule has 0 heterocycles. The molecule has 0 bridgehead atoms. The summed E-state index contributed by atoms with van der Waals surface area (Å²) in [4.78, 5) is 22.2. The van der Waals surface area contributed by atoms with Gasteiger partial charge in [0.1, 0.15) is 5.69 Å². The van der Waals surface area contributed by atoms with E-state index in [1.165, 1.54) is 0 Å². The lowest BCUT2D eigenvalue weighted by Gasteiger charge is -2.13. The number of carbonyl (C=O) groups is 2. The number of aliphatic carboxylic acids is 1. The first-order valence-electron chi connectivity index (χ1n) is 5.87. The average molecular weight is 343 g/mol. The Hall–Kier alpha value is -3.01. The number of hydrogen-bond acceptors (Lipinski definition) is 7. The van der Waals surface area contributed by atoms with Crippen molar-refractivity contribution in [2.45, 2.75) is 0 Å². The van der Waals surface area contributed by atoms with Crippen molar-refractivity contribution in [3.8, 4) is 17.2 Å². The minimum absolute atomic E-state index is 0.291. The number of rotatable bonds is 6. The first kappa shape index (κ1) is 18.0. The van der Waals surface area contributed by atoms with E-state index < -0.39 is 44.9 Å². The molecule has 0 saturated carbocycles. The predicted molar refractivity (Wildman–Crippen MR) is 79.8 cm³/mol. The number of anilines is 1. The first-order valence-corrected chi connectivity index (χ1v) is 7.68. The Morgan fingerprint density at radius 2 is 1.87 bits per heavy atom. The van der Waals surface area contributed by atoms with Gasteiger partial charge in [-0.15, -0.1) is 0 Å². The van der Waals surface area contributed by atoms with Crippen molar-refractivity contribution < 1.29 is 37.5 Å². The van der Waals surface area contributed by atoms with Crippen LogP contribution in [0, 0.1) is 0 Å². The molecule has 1 amide bonds. The van der Waals surface area contributed by atoms with Gasteiger partial charge in [-0.2, -0.15) is 8.42 Å². The molecule has 9 nitrogen and oxygen atoms in total. The third-order valence-electron chi connectivity index (χ3n) is 2.32. The SMILES string of the molecule is C=C(C=CC(=O)O)C(=O)Nc1c(OS(C)(=O)=O)ccc(O)c1O. The number of carboxylic acids is 1. The normalized spacial score (nSPS) is 11.2. The molecule has 0 radical (unpaired) electrons. The third kappa shape index (κ3) is 5.36. The van der Waals surface area contributed by atoms with E-state index in [0.29, 0.717) is 6.08 Å². The van der Waals surface area contributed by atoms with Crippen LogP contribution in [-0.4, -0.2) is 41.9 Å². The van der Waals surface area contributed by atoms with Gasteiger partial charge in [0, 0.05) is 11.6 Å². The molecule has 10 heteroatoms. The van der Waals surface area contributed by atoms with Gasteiger partial charge in [-0.1, -0.05) is 6.58 Å². The van der Waals surface area contributed by atoms with E-state index >= 15 is 0 Å². The number of phenols is 2. The van der Waals surface area contributed by atoms with Crippen molar-refractivity contribution in [3.05, 3.63) is 36.4 Å². The summed E-state index contributed by atoms with van der Waals surface area (Å²) in [7, 11) is -3.96. The van der Waals surface area contributed by atoms with Crippen LogP contribution in [0.1, 0.15) is 0 Å². The van der Waals surface area contributed by atoms with E-state index in [0.717, 1.165) is 24.5 Å². The Labute approximate surface area is 131 Å². The second kappa shape index (κ2) is 6.83. The Bertz CT molecular complexity index is 794. The number of carboxylic acid groups (broad SMARTS) is 1. The van der Waals surface area contributed by atoms with E-state index in [2.05, 4.69) is 16.1 Å². The quantitative estimate of drug-likeness (QED) is 0.253. The zero-order valence-electron chi connectivity index (χ0n) is 11.8. The van der Waals surface area contributed by atoms with Crippen molar-refractivity contribution in [1.29, 1.82) is 0 Å². The smallest absolute Gasteiger partial charge is 0.328 e. The van der Waals surface area contributed by atoms with Gasteiger partial charge in [-0.05, 0) is 18.2 Å². The number of benzene rings is 1. The number of hydrogen-bond donors (Lipinski definition) is 4. The molecule has 0 spiro atoms. The third-order valence-corrected chi connectivity index (χ3v) is 2.80. The van der Waals surface area contributed by atoms with Crippen LogP contribution in [0.25, 0.3) is 0 Å². The molecule has 0 atom stereocenters. The molecule has 4 N–H and O–H groups in total. The van der Waals surface area contributed by atoms with Crippen molar-refractivity contribution >= 4 is 27.7 Å². The van der Waals surface area contributed by atoms with Gasteiger partial charge in [0.15, 0.2) is 17.2 Å². The lowest BCUT2D eigenvalue weighted by molar-refractivity contribution is -0.131. The minimum atomic E-state index is -3.96. The number of carbonyl (C=O) groups excluding carboxylic acids is 1. The molecule has 1 aromatic rings. The predicted octanol–water partition coefficient (Wildman–Crippen LogP) is 0.572. The van der Waals surface area contributed by atoms with Gasteiger partial charge in [-0.3, -0.25) is 4.79 Å². The van der Waals surface area contributed by atoms with E-state index in [-0.39, 0.29) is 5.57 Å². The molecule has 23 heavy (non-hydrogen) atoms. The first-order chi connectivity index (χ1) is 10.5. The molecule has 124 valence electrons. The molecular weight excluding hydrogens is 330 g/mol. The van der Waals surface area contributed by atoms with Crippen LogP contribution < -0.4 is 9.50 Å². The average Bonchev–Trinajstić information content (AvgIpc) is 2.42. The molecule has 1 rings (SSSR count). The number of aromatic hydroxyl groups is 2.